The summed E-state index contributed by atoms with van der Waals surface area (Å²) in [6, 6.07) is 0.0487. The molecule has 0 aliphatic heterocycles. The zero-order chi connectivity index (χ0) is 15.9. The van der Waals surface area contributed by atoms with Gasteiger partial charge in [-0.3, -0.25) is 4.79 Å². The highest BCUT2D eigenvalue weighted by Gasteiger charge is 2.21. The van der Waals surface area contributed by atoms with Crippen LogP contribution in [-0.4, -0.2) is 39.7 Å². The monoisotopic (exact) mass is 359 g/mol. The van der Waals surface area contributed by atoms with E-state index in [1.807, 2.05) is 6.92 Å². The molecule has 0 bridgehead atoms. The fourth-order valence-corrected chi connectivity index (χ4v) is 2.73. The third-order valence-electron chi connectivity index (χ3n) is 3.77. The molecule has 24 heavy (non-hydrogen) atoms. The number of amides is 1. The van der Waals surface area contributed by atoms with Crippen molar-refractivity contribution in [3.8, 4) is 5.88 Å². The molecule has 0 unspecified atom stereocenters. The zero-order valence-electron chi connectivity index (χ0n) is 12.7. The molecule has 0 aromatic carbocycles. The predicted molar refractivity (Wildman–Crippen MR) is 96.6 cm³/mol. The molecule has 7 heteroatoms. The van der Waals surface area contributed by atoms with Crippen LogP contribution in [0.3, 0.4) is 0 Å². The van der Waals surface area contributed by atoms with Gasteiger partial charge >= 0.3 is 0 Å². The SMILES string of the molecule is C.C.CCOc1nc(Cl)ncc1C(=O)N[C@@H]1CCCC[C@H](O)CC1. The Labute approximate surface area is 150 Å². The Morgan fingerprint density at radius 1 is 1.33 bits per heavy atom. The van der Waals surface area contributed by atoms with Gasteiger partial charge in [0.1, 0.15) is 5.56 Å². The quantitative estimate of drug-likeness (QED) is 0.802. The van der Waals surface area contributed by atoms with Crippen LogP contribution in [-0.2, 0) is 0 Å². The molecule has 138 valence electrons. The van der Waals surface area contributed by atoms with Crippen LogP contribution >= 0.6 is 11.6 Å². The second-order valence-corrected chi connectivity index (χ2v) is 5.81. The van der Waals surface area contributed by atoms with E-state index in [1.54, 1.807) is 0 Å². The van der Waals surface area contributed by atoms with Gasteiger partial charge in [0.15, 0.2) is 0 Å². The summed E-state index contributed by atoms with van der Waals surface area (Å²) in [4.78, 5) is 20.2. The molecule has 1 fully saturated rings. The van der Waals surface area contributed by atoms with Crippen LogP contribution in [0, 0.1) is 0 Å². The topological polar surface area (TPSA) is 84.3 Å². The van der Waals surface area contributed by atoms with Crippen molar-refractivity contribution in [1.82, 2.24) is 15.3 Å². The van der Waals surface area contributed by atoms with E-state index in [0.717, 1.165) is 32.1 Å². The molecule has 1 aromatic rings. The number of hydrogen-bond donors (Lipinski definition) is 2. The lowest BCUT2D eigenvalue weighted by Crippen LogP contribution is -2.36. The van der Waals surface area contributed by atoms with Crippen molar-refractivity contribution in [2.75, 3.05) is 6.61 Å². The first-order valence-electron chi connectivity index (χ1n) is 7.74. The maximum absolute atomic E-state index is 12.4. The number of aliphatic hydroxyl groups is 1. The number of aromatic nitrogens is 2. The van der Waals surface area contributed by atoms with E-state index in [-0.39, 0.29) is 49.6 Å². The molecule has 2 atom stereocenters. The number of nitrogens with one attached hydrogen (secondary N) is 1. The standard InChI is InChI=1S/C15H22ClN3O3.2CH4/c1-2-22-14-12(9-17-15(16)19-14)13(21)18-10-5-3-4-6-11(20)8-7-10;;/h9-11,20H,2-8H2,1H3,(H,18,21);2*1H4/t10-,11+;;/m1../s1. The number of nitrogens with zero attached hydrogens (tertiary/aromatic N) is 2. The van der Waals surface area contributed by atoms with Crippen molar-refractivity contribution in [3.05, 3.63) is 17.0 Å². The number of hydrogen-bond acceptors (Lipinski definition) is 5. The van der Waals surface area contributed by atoms with Gasteiger partial charge in [-0.1, -0.05) is 27.7 Å². The first-order valence-corrected chi connectivity index (χ1v) is 8.12. The highest BCUT2D eigenvalue weighted by atomic mass is 35.5. The first-order chi connectivity index (χ1) is 10.6. The Kier molecular flexibility index (Phi) is 10.6. The number of carbonyl (C=O) groups excluding carboxylic acids is 1. The van der Waals surface area contributed by atoms with E-state index >= 15 is 0 Å². The maximum atomic E-state index is 12.4. The number of aliphatic hydroxyl groups excluding tert-OH is 1. The second-order valence-electron chi connectivity index (χ2n) is 5.48. The lowest BCUT2D eigenvalue weighted by molar-refractivity contribution is 0.0905. The predicted octanol–water partition coefficient (Wildman–Crippen LogP) is 3.61. The Balaban J connectivity index is 0.00000264. The Morgan fingerprint density at radius 3 is 2.75 bits per heavy atom. The summed E-state index contributed by atoms with van der Waals surface area (Å²) < 4.78 is 5.35. The van der Waals surface area contributed by atoms with Crippen molar-refractivity contribution in [3.63, 3.8) is 0 Å². The summed E-state index contributed by atoms with van der Waals surface area (Å²) in [5, 5.41) is 12.8. The van der Waals surface area contributed by atoms with Gasteiger partial charge in [-0.15, -0.1) is 0 Å². The van der Waals surface area contributed by atoms with E-state index in [9.17, 15) is 9.90 Å². The summed E-state index contributed by atoms with van der Waals surface area (Å²) >= 11 is 5.74. The Bertz CT molecular complexity index is 514. The minimum absolute atomic E-state index is 0. The van der Waals surface area contributed by atoms with Gasteiger partial charge in [-0.2, -0.15) is 4.98 Å². The summed E-state index contributed by atoms with van der Waals surface area (Å²) in [5.74, 6) is -0.0638. The van der Waals surface area contributed by atoms with Crippen molar-refractivity contribution < 1.29 is 14.6 Å². The fourth-order valence-electron chi connectivity index (χ4n) is 2.61. The maximum Gasteiger partial charge on any atom is 0.258 e. The molecular formula is C17H30ClN3O3. The molecule has 0 radical (unpaired) electrons. The molecule has 1 aromatic heterocycles. The number of ether oxygens (including phenoxy) is 1. The van der Waals surface area contributed by atoms with E-state index < -0.39 is 0 Å². The van der Waals surface area contributed by atoms with Crippen LogP contribution in [0.15, 0.2) is 6.20 Å². The minimum Gasteiger partial charge on any atom is -0.477 e. The molecule has 1 aliphatic rings. The molecule has 6 nitrogen and oxygen atoms in total. The van der Waals surface area contributed by atoms with Crippen LogP contribution in [0.25, 0.3) is 0 Å². The van der Waals surface area contributed by atoms with Crippen molar-refractivity contribution in [2.45, 2.75) is 72.4 Å². The molecule has 1 amide bonds. The van der Waals surface area contributed by atoms with Crippen LogP contribution in [0.1, 0.15) is 70.7 Å². The van der Waals surface area contributed by atoms with Gasteiger partial charge < -0.3 is 15.2 Å². The van der Waals surface area contributed by atoms with Crippen LogP contribution in [0.4, 0.5) is 0 Å². The summed E-state index contributed by atoms with van der Waals surface area (Å²) in [7, 11) is 0. The van der Waals surface area contributed by atoms with Crippen LogP contribution < -0.4 is 10.1 Å². The van der Waals surface area contributed by atoms with E-state index in [2.05, 4.69) is 15.3 Å². The Morgan fingerprint density at radius 2 is 2.04 bits per heavy atom. The molecule has 2 rings (SSSR count). The second kappa shape index (κ2) is 11.2. The largest absolute Gasteiger partial charge is 0.477 e. The molecular weight excluding hydrogens is 330 g/mol. The fraction of sp³-hybridized carbons (Fsp3) is 0.706. The lowest BCUT2D eigenvalue weighted by atomic mass is 9.95. The van der Waals surface area contributed by atoms with Crippen molar-refractivity contribution >= 4 is 17.5 Å². The van der Waals surface area contributed by atoms with Gasteiger partial charge in [0.2, 0.25) is 11.2 Å². The average molecular weight is 360 g/mol. The summed E-state index contributed by atoms with van der Waals surface area (Å²) in [6.07, 6.45) is 6.34. The van der Waals surface area contributed by atoms with Gasteiger partial charge in [-0.25, -0.2) is 4.98 Å². The van der Waals surface area contributed by atoms with Crippen molar-refractivity contribution in [2.24, 2.45) is 0 Å². The number of carbonyl (C=O) groups is 1. The van der Waals surface area contributed by atoms with Gasteiger partial charge in [-0.05, 0) is 44.2 Å². The highest BCUT2D eigenvalue weighted by molar-refractivity contribution is 6.28. The molecule has 0 spiro atoms. The van der Waals surface area contributed by atoms with Crippen molar-refractivity contribution in [1.29, 1.82) is 0 Å². The van der Waals surface area contributed by atoms with Crippen LogP contribution in [0.2, 0.25) is 5.28 Å². The van der Waals surface area contributed by atoms with E-state index in [1.165, 1.54) is 6.20 Å². The smallest absolute Gasteiger partial charge is 0.258 e. The third-order valence-corrected chi connectivity index (χ3v) is 3.96. The molecule has 0 saturated heterocycles. The lowest BCUT2D eigenvalue weighted by Gasteiger charge is -2.23. The van der Waals surface area contributed by atoms with Gasteiger partial charge in [0.05, 0.1) is 12.7 Å². The number of halogens is 1. The highest BCUT2D eigenvalue weighted by Crippen LogP contribution is 2.20. The van der Waals surface area contributed by atoms with E-state index in [0.29, 0.717) is 13.0 Å². The number of rotatable bonds is 4. The van der Waals surface area contributed by atoms with Gasteiger partial charge in [0.25, 0.3) is 5.91 Å². The van der Waals surface area contributed by atoms with Gasteiger partial charge in [0, 0.05) is 12.2 Å². The summed E-state index contributed by atoms with van der Waals surface area (Å²) in [6.45, 7) is 2.21. The molecule has 2 N–H and O–H groups in total. The molecule has 1 aliphatic carbocycles. The van der Waals surface area contributed by atoms with E-state index in [4.69, 9.17) is 16.3 Å². The average Bonchev–Trinajstić information content (AvgIpc) is 2.47. The first kappa shape index (κ1) is 22.6. The summed E-state index contributed by atoms with van der Waals surface area (Å²) in [5.41, 5.74) is 0.286. The molecule has 1 saturated carbocycles. The van der Waals surface area contributed by atoms with Crippen LogP contribution in [0.5, 0.6) is 5.88 Å². The minimum atomic E-state index is -0.266. The molecule has 1 heterocycles. The normalized spacial score (nSPS) is 20.6. The Hall–Kier alpha value is -1.40. The zero-order valence-corrected chi connectivity index (χ0v) is 13.5. The third kappa shape index (κ3) is 6.61.